The zero-order chi connectivity index (χ0) is 12.4. The minimum absolute atomic E-state index is 0.321. The molecule has 17 heavy (non-hydrogen) atoms. The SMILES string of the molecule is O=[N+]([O-])c1ccc(CN2CC[C@@H](O)C2)cc1F. The van der Waals surface area contributed by atoms with Crippen LogP contribution in [0, 0.1) is 15.9 Å². The van der Waals surface area contributed by atoms with Crippen molar-refractivity contribution in [2.75, 3.05) is 13.1 Å². The predicted octanol–water partition coefficient (Wildman–Crippen LogP) is 1.30. The fourth-order valence-electron chi connectivity index (χ4n) is 2.01. The summed E-state index contributed by atoms with van der Waals surface area (Å²) in [5, 5.41) is 19.8. The minimum atomic E-state index is -0.813. The number of nitro benzene ring substituents is 1. The number of likely N-dealkylation sites (tertiary alicyclic amines) is 1. The zero-order valence-electron chi connectivity index (χ0n) is 9.17. The van der Waals surface area contributed by atoms with E-state index < -0.39 is 16.4 Å². The Bertz CT molecular complexity index is 439. The van der Waals surface area contributed by atoms with Gasteiger partial charge in [0.1, 0.15) is 0 Å². The van der Waals surface area contributed by atoms with Crippen LogP contribution in [-0.2, 0) is 6.54 Å². The van der Waals surface area contributed by atoms with Crippen molar-refractivity contribution in [3.8, 4) is 0 Å². The van der Waals surface area contributed by atoms with E-state index in [0.29, 0.717) is 18.7 Å². The highest BCUT2D eigenvalue weighted by atomic mass is 19.1. The van der Waals surface area contributed by atoms with Crippen molar-refractivity contribution in [2.24, 2.45) is 0 Å². The van der Waals surface area contributed by atoms with Crippen LogP contribution in [0.25, 0.3) is 0 Å². The van der Waals surface area contributed by atoms with Crippen molar-refractivity contribution in [3.05, 3.63) is 39.7 Å². The van der Waals surface area contributed by atoms with Crippen LogP contribution in [0.2, 0.25) is 0 Å². The summed E-state index contributed by atoms with van der Waals surface area (Å²) < 4.78 is 13.3. The molecule has 1 fully saturated rings. The second kappa shape index (κ2) is 4.77. The summed E-state index contributed by atoms with van der Waals surface area (Å²) in [7, 11) is 0. The normalized spacial score (nSPS) is 20.7. The molecule has 0 radical (unpaired) electrons. The molecule has 1 aliphatic rings. The third-order valence-electron chi connectivity index (χ3n) is 2.86. The minimum Gasteiger partial charge on any atom is -0.392 e. The summed E-state index contributed by atoms with van der Waals surface area (Å²) in [6.45, 7) is 1.84. The van der Waals surface area contributed by atoms with Crippen LogP contribution in [0.5, 0.6) is 0 Å². The van der Waals surface area contributed by atoms with Crippen LogP contribution in [0.15, 0.2) is 18.2 Å². The van der Waals surface area contributed by atoms with Gasteiger partial charge in [0.2, 0.25) is 5.82 Å². The van der Waals surface area contributed by atoms with Gasteiger partial charge >= 0.3 is 5.69 Å². The van der Waals surface area contributed by atoms with E-state index >= 15 is 0 Å². The number of benzene rings is 1. The van der Waals surface area contributed by atoms with E-state index in [1.165, 1.54) is 12.1 Å². The lowest BCUT2D eigenvalue weighted by molar-refractivity contribution is -0.387. The van der Waals surface area contributed by atoms with Crippen LogP contribution in [0.4, 0.5) is 10.1 Å². The first-order valence-electron chi connectivity index (χ1n) is 5.39. The molecule has 0 aromatic heterocycles. The maximum atomic E-state index is 13.3. The van der Waals surface area contributed by atoms with Gasteiger partial charge in [-0.1, -0.05) is 6.07 Å². The summed E-state index contributed by atoms with van der Waals surface area (Å²) in [5.41, 5.74) is 0.178. The molecule has 0 aliphatic carbocycles. The van der Waals surface area contributed by atoms with E-state index in [9.17, 15) is 19.6 Å². The van der Waals surface area contributed by atoms with E-state index in [0.717, 1.165) is 13.0 Å². The third kappa shape index (κ3) is 2.78. The van der Waals surface area contributed by atoms with Gasteiger partial charge in [0.15, 0.2) is 0 Å². The molecule has 1 atom stereocenters. The molecule has 92 valence electrons. The highest BCUT2D eigenvalue weighted by molar-refractivity contribution is 5.35. The first kappa shape index (κ1) is 11.9. The van der Waals surface area contributed by atoms with Crippen molar-refractivity contribution in [1.82, 2.24) is 4.90 Å². The molecule has 2 rings (SSSR count). The average molecular weight is 240 g/mol. The zero-order valence-corrected chi connectivity index (χ0v) is 9.17. The van der Waals surface area contributed by atoms with Crippen LogP contribution < -0.4 is 0 Å². The van der Waals surface area contributed by atoms with Gasteiger partial charge in [0.25, 0.3) is 0 Å². The average Bonchev–Trinajstić information content (AvgIpc) is 2.63. The van der Waals surface area contributed by atoms with E-state index in [2.05, 4.69) is 0 Å². The van der Waals surface area contributed by atoms with E-state index in [1.807, 2.05) is 4.90 Å². The van der Waals surface area contributed by atoms with E-state index in [1.54, 1.807) is 6.07 Å². The number of β-amino-alcohol motifs (C(OH)–C–C–N with tert-alkyl or cyclic N) is 1. The fraction of sp³-hybridized carbons (Fsp3) is 0.455. The number of nitrogens with zero attached hydrogens (tertiary/aromatic N) is 2. The molecule has 1 aliphatic heterocycles. The van der Waals surface area contributed by atoms with Gasteiger partial charge in [0, 0.05) is 25.7 Å². The van der Waals surface area contributed by atoms with Gasteiger partial charge in [-0.05, 0) is 18.1 Å². The van der Waals surface area contributed by atoms with Crippen molar-refractivity contribution in [2.45, 2.75) is 19.1 Å². The Kier molecular flexibility index (Phi) is 3.35. The lowest BCUT2D eigenvalue weighted by Gasteiger charge is -2.14. The molecule has 5 nitrogen and oxygen atoms in total. The largest absolute Gasteiger partial charge is 0.392 e. The molecule has 0 bridgehead atoms. The Morgan fingerprint density at radius 2 is 2.35 bits per heavy atom. The summed E-state index contributed by atoms with van der Waals surface area (Å²) in [6, 6.07) is 3.91. The molecule has 1 aromatic carbocycles. The smallest absolute Gasteiger partial charge is 0.304 e. The number of rotatable bonds is 3. The number of hydrogen-bond donors (Lipinski definition) is 1. The standard InChI is InChI=1S/C11H13FN2O3/c12-10-5-8(1-2-11(10)14(16)17)6-13-4-3-9(15)7-13/h1-2,5,9,15H,3-4,6-7H2/t9-/m1/s1. The number of nitro groups is 1. The van der Waals surface area contributed by atoms with Gasteiger partial charge in [0.05, 0.1) is 11.0 Å². The maximum Gasteiger partial charge on any atom is 0.304 e. The number of aliphatic hydroxyl groups excluding tert-OH is 1. The lowest BCUT2D eigenvalue weighted by atomic mass is 10.2. The molecule has 0 spiro atoms. The first-order chi connectivity index (χ1) is 8.06. The molecule has 0 unspecified atom stereocenters. The van der Waals surface area contributed by atoms with Crippen molar-refractivity contribution >= 4 is 5.69 Å². The van der Waals surface area contributed by atoms with Crippen molar-refractivity contribution in [1.29, 1.82) is 0 Å². The molecule has 1 aromatic rings. The third-order valence-corrected chi connectivity index (χ3v) is 2.86. The van der Waals surface area contributed by atoms with E-state index in [4.69, 9.17) is 0 Å². The highest BCUT2D eigenvalue weighted by Crippen LogP contribution is 2.20. The monoisotopic (exact) mass is 240 g/mol. The van der Waals surface area contributed by atoms with Gasteiger partial charge in [-0.2, -0.15) is 4.39 Å². The predicted molar refractivity (Wildman–Crippen MR) is 59.0 cm³/mol. The Morgan fingerprint density at radius 1 is 1.59 bits per heavy atom. The summed E-state index contributed by atoms with van der Waals surface area (Å²) >= 11 is 0. The van der Waals surface area contributed by atoms with Crippen molar-refractivity contribution in [3.63, 3.8) is 0 Å². The molecule has 0 amide bonds. The van der Waals surface area contributed by atoms with Gasteiger partial charge in [-0.15, -0.1) is 0 Å². The van der Waals surface area contributed by atoms with Crippen LogP contribution in [-0.4, -0.2) is 34.1 Å². The lowest BCUT2D eigenvalue weighted by Crippen LogP contribution is -2.21. The fourth-order valence-corrected chi connectivity index (χ4v) is 2.01. The van der Waals surface area contributed by atoms with Gasteiger partial charge in [-0.25, -0.2) is 0 Å². The molecule has 1 N–H and O–H groups in total. The summed E-state index contributed by atoms with van der Waals surface area (Å²) in [6.07, 6.45) is 0.396. The molecule has 6 heteroatoms. The van der Waals surface area contributed by atoms with Crippen LogP contribution in [0.3, 0.4) is 0 Å². The second-order valence-corrected chi connectivity index (χ2v) is 4.22. The van der Waals surface area contributed by atoms with Crippen molar-refractivity contribution < 1.29 is 14.4 Å². The number of halogens is 1. The first-order valence-corrected chi connectivity index (χ1v) is 5.39. The topological polar surface area (TPSA) is 66.6 Å². The number of hydrogen-bond acceptors (Lipinski definition) is 4. The molecular weight excluding hydrogens is 227 g/mol. The van der Waals surface area contributed by atoms with Crippen LogP contribution >= 0.6 is 0 Å². The quantitative estimate of drug-likeness (QED) is 0.638. The molecule has 1 heterocycles. The summed E-state index contributed by atoms with van der Waals surface area (Å²) in [4.78, 5) is 11.7. The Hall–Kier alpha value is -1.53. The molecule has 0 saturated carbocycles. The van der Waals surface area contributed by atoms with Gasteiger partial charge in [-0.3, -0.25) is 15.0 Å². The Labute approximate surface area is 97.6 Å². The second-order valence-electron chi connectivity index (χ2n) is 4.22. The Balaban J connectivity index is 2.07. The summed E-state index contributed by atoms with van der Waals surface area (Å²) in [5.74, 6) is -0.813. The highest BCUT2D eigenvalue weighted by Gasteiger charge is 2.21. The maximum absolute atomic E-state index is 13.3. The Morgan fingerprint density at radius 3 is 2.88 bits per heavy atom. The molecular formula is C11H13FN2O3. The molecule has 1 saturated heterocycles. The van der Waals surface area contributed by atoms with Crippen LogP contribution in [0.1, 0.15) is 12.0 Å². The number of aliphatic hydroxyl groups is 1. The van der Waals surface area contributed by atoms with Gasteiger partial charge < -0.3 is 5.11 Å². The van der Waals surface area contributed by atoms with E-state index in [-0.39, 0.29) is 6.10 Å².